The fourth-order valence-corrected chi connectivity index (χ4v) is 2.25. The Bertz CT molecular complexity index is 132. The molecular weight excluding hydrogens is 508 g/mol. The number of ether oxygens (including phenoxy) is 1. The number of nitrogens with zero attached hydrogens (tertiary/aromatic N) is 3. The van der Waals surface area contributed by atoms with Gasteiger partial charge in [-0.2, -0.15) is 35.2 Å². The molecule has 2 unspecified atom stereocenters. The van der Waals surface area contributed by atoms with E-state index in [1.54, 1.807) is 35.2 Å². The molecule has 0 N–H and O–H groups in total. The maximum atomic E-state index is 5.49. The van der Waals surface area contributed by atoms with Crippen LogP contribution >= 0.6 is 22.6 Å². The molecule has 0 bridgehead atoms. The van der Waals surface area contributed by atoms with Crippen molar-refractivity contribution in [2.75, 3.05) is 42.0 Å². The van der Waals surface area contributed by atoms with Crippen molar-refractivity contribution in [3.05, 3.63) is 23.4 Å². The van der Waals surface area contributed by atoms with Gasteiger partial charge < -0.3 is 28.1 Å². The minimum absolute atomic E-state index is 0. The molecule has 0 spiro atoms. The van der Waals surface area contributed by atoms with Crippen molar-refractivity contribution in [2.24, 2.45) is 0 Å². The van der Waals surface area contributed by atoms with Crippen molar-refractivity contribution in [2.45, 2.75) is 29.3 Å². The quantitative estimate of drug-likeness (QED) is 0.233. The van der Waals surface area contributed by atoms with Crippen LogP contribution in [-0.2, 0) is 30.6 Å². The number of hydrogen-bond donors (Lipinski definition) is 0. The third-order valence-electron chi connectivity index (χ3n) is 1.79. The molecule has 2 atom stereocenters. The Morgan fingerprint density at radius 3 is 1.78 bits per heavy atom. The summed E-state index contributed by atoms with van der Waals surface area (Å²) < 4.78 is 6.21. The maximum Gasteiger partial charge on any atom is 4.00 e. The minimum atomic E-state index is 0. The Morgan fingerprint density at radius 2 is 1.50 bits per heavy atom. The summed E-state index contributed by atoms with van der Waals surface area (Å²) in [7, 11) is 8.79. The molecule has 1 rings (SSSR count). The Hall–Kier alpha value is 1.44. The number of hydrogen-bond acceptors (Lipinski definition) is 1. The van der Waals surface area contributed by atoms with Crippen LogP contribution in [-0.4, -0.2) is 52.0 Å². The summed E-state index contributed by atoms with van der Waals surface area (Å²) in [6.07, 6.45) is 4.34. The fourth-order valence-electron chi connectivity index (χ4n) is 1.24. The molecule has 1 saturated carbocycles. The number of rotatable bonds is 3. The normalized spacial score (nSPS) is 20.3. The van der Waals surface area contributed by atoms with E-state index >= 15 is 0 Å². The molecule has 1 fully saturated rings. The Labute approximate surface area is 147 Å². The van der Waals surface area contributed by atoms with Gasteiger partial charge in [0.25, 0.3) is 0 Å². The van der Waals surface area contributed by atoms with Crippen LogP contribution in [0, 0.1) is 7.43 Å². The van der Waals surface area contributed by atoms with Gasteiger partial charge >= 0.3 is 25.8 Å². The van der Waals surface area contributed by atoms with E-state index in [4.69, 9.17) is 4.74 Å². The molecule has 0 aliphatic heterocycles. The molecule has 18 heavy (non-hydrogen) atoms. The van der Waals surface area contributed by atoms with Crippen LogP contribution in [0.2, 0.25) is 0 Å². The third-order valence-corrected chi connectivity index (χ3v) is 3.21. The molecule has 0 radical (unpaired) electrons. The summed E-state index contributed by atoms with van der Waals surface area (Å²) in [6.45, 7) is 0.574. The third kappa shape index (κ3) is 19.8. The largest absolute Gasteiger partial charge is 4.00 e. The van der Waals surface area contributed by atoms with Gasteiger partial charge in [-0.05, 0) is 26.0 Å². The van der Waals surface area contributed by atoms with Gasteiger partial charge in [0.15, 0.2) is 0 Å². The first-order valence-electron chi connectivity index (χ1n) is 5.44. The fraction of sp³-hybridized carbons (Fsp3) is 0.917. The van der Waals surface area contributed by atoms with Gasteiger partial charge in [-0.25, -0.2) is 0 Å². The smallest absolute Gasteiger partial charge is 0.668 e. The van der Waals surface area contributed by atoms with E-state index in [1.807, 2.05) is 0 Å². The summed E-state index contributed by atoms with van der Waals surface area (Å²) in [5.74, 6) is 0. The molecule has 6 heteroatoms. The molecule has 4 nitrogen and oxygen atoms in total. The van der Waals surface area contributed by atoms with Crippen LogP contribution in [0.25, 0.3) is 16.0 Å². The Morgan fingerprint density at radius 1 is 1.06 bits per heavy atom. The monoisotopic (exact) mass is 537 g/mol. The first-order valence-corrected chi connectivity index (χ1v) is 6.69. The zero-order chi connectivity index (χ0) is 12.8. The maximum absolute atomic E-state index is 5.49. The summed E-state index contributed by atoms with van der Waals surface area (Å²) >= 11 is 2.47. The molecular formula is C12H28HfIN3O. The zero-order valence-corrected chi connectivity index (χ0v) is 18.4. The van der Waals surface area contributed by atoms with Gasteiger partial charge in [0, 0.05) is 3.92 Å². The number of alkyl halides is 1. The van der Waals surface area contributed by atoms with Crippen LogP contribution in [0.3, 0.4) is 0 Å². The van der Waals surface area contributed by atoms with Gasteiger partial charge in [0.05, 0.1) is 6.10 Å². The second kappa shape index (κ2) is 23.5. The molecule has 1 aliphatic rings. The van der Waals surface area contributed by atoms with E-state index in [0.29, 0.717) is 12.8 Å². The first-order chi connectivity index (χ1) is 7.67. The zero-order valence-electron chi connectivity index (χ0n) is 12.6. The van der Waals surface area contributed by atoms with Gasteiger partial charge in [0.2, 0.25) is 0 Å². The predicted octanol–water partition coefficient (Wildman–Crippen LogP) is 4.01. The van der Waals surface area contributed by atoms with E-state index < -0.39 is 0 Å². The summed E-state index contributed by atoms with van der Waals surface area (Å²) in [5, 5.41) is 10.9. The van der Waals surface area contributed by atoms with Gasteiger partial charge in [-0.1, -0.05) is 22.6 Å². The molecule has 0 amide bonds. The molecule has 0 aromatic heterocycles. The Balaban J connectivity index is -0.000000106. The minimum Gasteiger partial charge on any atom is -0.668 e. The van der Waals surface area contributed by atoms with Crippen molar-refractivity contribution in [3.63, 3.8) is 0 Å². The first kappa shape index (κ1) is 27.7. The van der Waals surface area contributed by atoms with Gasteiger partial charge in [-0.15, -0.1) is 0 Å². The van der Waals surface area contributed by atoms with Crippen LogP contribution in [0.5, 0.6) is 0 Å². The average Bonchev–Trinajstić information content (AvgIpc) is 2.63. The summed E-state index contributed by atoms with van der Waals surface area (Å²) in [4.78, 5) is 0. The van der Waals surface area contributed by atoms with Crippen molar-refractivity contribution in [3.8, 4) is 0 Å². The van der Waals surface area contributed by atoms with Crippen LogP contribution in [0.15, 0.2) is 0 Å². The molecule has 0 heterocycles. The van der Waals surface area contributed by atoms with Gasteiger partial charge in [-0.3, -0.25) is 0 Å². The van der Waals surface area contributed by atoms with Crippen molar-refractivity contribution < 1.29 is 30.6 Å². The SMILES string of the molecule is C[N-]C.C[N-]C.C[N-]COC1CCCC1I.[CH3-].[Hf+4]. The molecule has 0 saturated heterocycles. The molecule has 108 valence electrons. The van der Waals surface area contributed by atoms with E-state index in [2.05, 4.69) is 38.5 Å². The van der Waals surface area contributed by atoms with Crippen LogP contribution in [0.4, 0.5) is 0 Å². The van der Waals surface area contributed by atoms with Crippen molar-refractivity contribution in [1.82, 2.24) is 0 Å². The molecule has 1 aliphatic carbocycles. The van der Waals surface area contributed by atoms with E-state index in [0.717, 1.165) is 3.92 Å². The molecule has 0 aromatic carbocycles. The second-order valence-corrected chi connectivity index (χ2v) is 5.09. The predicted molar refractivity (Wildman–Crippen MR) is 87.5 cm³/mol. The topological polar surface area (TPSA) is 51.5 Å². The molecule has 0 aromatic rings. The van der Waals surface area contributed by atoms with E-state index in [9.17, 15) is 0 Å². The standard InChI is InChI=1S/C7H13INO.2C2H6N.CH3.Hf/c1-9-5-10-7-4-2-3-6(7)8;2*1-3-2;;/h6-7H,2-5H2,1H3;2*1-2H3;1H3;/q4*-1;+4. The van der Waals surface area contributed by atoms with Crippen molar-refractivity contribution >= 4 is 22.6 Å². The summed E-state index contributed by atoms with van der Waals surface area (Å²) in [5.41, 5.74) is 0. The van der Waals surface area contributed by atoms with Crippen LogP contribution < -0.4 is 0 Å². The Kier molecular flexibility index (Phi) is 36.2. The van der Waals surface area contributed by atoms with Gasteiger partial charge in [0.1, 0.15) is 0 Å². The van der Waals surface area contributed by atoms with Crippen LogP contribution in [0.1, 0.15) is 19.3 Å². The number of halogens is 1. The second-order valence-electron chi connectivity index (χ2n) is 3.49. The summed E-state index contributed by atoms with van der Waals surface area (Å²) in [6, 6.07) is 0. The van der Waals surface area contributed by atoms with E-state index in [1.165, 1.54) is 19.3 Å². The van der Waals surface area contributed by atoms with E-state index in [-0.39, 0.29) is 33.3 Å². The van der Waals surface area contributed by atoms with Crippen molar-refractivity contribution in [1.29, 1.82) is 0 Å². The average molecular weight is 536 g/mol.